The van der Waals surface area contributed by atoms with Gasteiger partial charge in [-0.3, -0.25) is 0 Å². The number of methoxy groups -OCH3 is 2. The highest BCUT2D eigenvalue weighted by Crippen LogP contribution is 2.43. The van der Waals surface area contributed by atoms with Crippen molar-refractivity contribution in [3.05, 3.63) is 15.1 Å². The van der Waals surface area contributed by atoms with Gasteiger partial charge in [0.1, 0.15) is 11.4 Å². The van der Waals surface area contributed by atoms with Gasteiger partial charge in [-0.2, -0.15) is 0 Å². The third-order valence-electron chi connectivity index (χ3n) is 3.50. The number of nitrogens with one attached hydrogen (secondary N) is 1. The van der Waals surface area contributed by atoms with Gasteiger partial charge in [0.15, 0.2) is 5.82 Å². The molecule has 0 bridgehead atoms. The zero-order valence-corrected chi connectivity index (χ0v) is 13.8. The molecule has 1 aliphatic carbocycles. The normalized spacial score (nSPS) is 17.1. The Kier molecular flexibility index (Phi) is 4.97. The molecule has 0 unspecified atom stereocenters. The van der Waals surface area contributed by atoms with Crippen LogP contribution in [-0.4, -0.2) is 30.7 Å². The molecule has 1 aromatic heterocycles. The van der Waals surface area contributed by atoms with Gasteiger partial charge < -0.3 is 14.8 Å². The minimum Gasteiger partial charge on any atom is -0.378 e. The van der Waals surface area contributed by atoms with Crippen LogP contribution in [0.4, 0.5) is 5.82 Å². The lowest BCUT2D eigenvalue weighted by Gasteiger charge is -2.39. The molecule has 0 aliphatic heterocycles. The van der Waals surface area contributed by atoms with Crippen molar-refractivity contribution in [1.82, 2.24) is 9.97 Å². The SMILES string of the molecule is CCNc1nc(C2(OC)CCC2)nc(COC)c1I. The quantitative estimate of drug-likeness (QED) is 0.773. The fourth-order valence-corrected chi connectivity index (χ4v) is 2.82. The van der Waals surface area contributed by atoms with Crippen molar-refractivity contribution in [2.75, 3.05) is 26.1 Å². The maximum atomic E-state index is 5.67. The van der Waals surface area contributed by atoms with Gasteiger partial charge in [0.05, 0.1) is 15.9 Å². The molecule has 0 saturated heterocycles. The van der Waals surface area contributed by atoms with E-state index < -0.39 is 0 Å². The molecule has 1 aromatic rings. The molecular formula is C13H20IN3O2. The maximum Gasteiger partial charge on any atom is 0.163 e. The molecule has 1 N–H and O–H groups in total. The van der Waals surface area contributed by atoms with Crippen LogP contribution in [0.3, 0.4) is 0 Å². The number of hydrogen-bond donors (Lipinski definition) is 1. The molecule has 0 amide bonds. The standard InChI is InChI=1S/C13H20IN3O2/c1-4-15-11-10(14)9(8-18-2)16-12(17-11)13(19-3)6-5-7-13/h4-8H2,1-3H3,(H,15,16,17). The van der Waals surface area contributed by atoms with E-state index in [4.69, 9.17) is 9.47 Å². The van der Waals surface area contributed by atoms with E-state index in [-0.39, 0.29) is 5.60 Å². The molecule has 106 valence electrons. The van der Waals surface area contributed by atoms with Crippen molar-refractivity contribution in [3.8, 4) is 0 Å². The van der Waals surface area contributed by atoms with Crippen LogP contribution < -0.4 is 5.32 Å². The van der Waals surface area contributed by atoms with E-state index in [2.05, 4.69) is 44.8 Å². The Morgan fingerprint density at radius 3 is 2.53 bits per heavy atom. The monoisotopic (exact) mass is 377 g/mol. The fourth-order valence-electron chi connectivity index (χ4n) is 2.23. The van der Waals surface area contributed by atoms with Gasteiger partial charge in [-0.25, -0.2) is 9.97 Å². The van der Waals surface area contributed by atoms with E-state index >= 15 is 0 Å². The van der Waals surface area contributed by atoms with Crippen molar-refractivity contribution >= 4 is 28.4 Å². The third kappa shape index (κ3) is 2.85. The molecule has 1 saturated carbocycles. The predicted octanol–water partition coefficient (Wildman–Crippen LogP) is 2.69. The van der Waals surface area contributed by atoms with Crippen molar-refractivity contribution in [1.29, 1.82) is 0 Å². The molecule has 0 spiro atoms. The number of rotatable bonds is 6. The first kappa shape index (κ1) is 14.9. The molecule has 1 aliphatic rings. The van der Waals surface area contributed by atoms with Gasteiger partial charge >= 0.3 is 0 Å². The fraction of sp³-hybridized carbons (Fsp3) is 0.692. The average Bonchev–Trinajstić information content (AvgIpc) is 2.34. The summed E-state index contributed by atoms with van der Waals surface area (Å²) < 4.78 is 11.9. The van der Waals surface area contributed by atoms with Gasteiger partial charge in [0.25, 0.3) is 0 Å². The van der Waals surface area contributed by atoms with Crippen molar-refractivity contribution in [2.45, 2.75) is 38.4 Å². The molecule has 0 radical (unpaired) electrons. The summed E-state index contributed by atoms with van der Waals surface area (Å²) in [7, 11) is 3.42. The Morgan fingerprint density at radius 1 is 1.32 bits per heavy atom. The second-order valence-electron chi connectivity index (χ2n) is 4.67. The number of aromatic nitrogens is 2. The number of hydrogen-bond acceptors (Lipinski definition) is 5. The highest BCUT2D eigenvalue weighted by Gasteiger charge is 2.42. The maximum absolute atomic E-state index is 5.67. The van der Waals surface area contributed by atoms with Gasteiger partial charge in [0, 0.05) is 20.8 Å². The predicted molar refractivity (Wildman–Crippen MR) is 82.2 cm³/mol. The zero-order valence-electron chi connectivity index (χ0n) is 11.6. The van der Waals surface area contributed by atoms with Gasteiger partial charge in [0.2, 0.25) is 0 Å². The van der Waals surface area contributed by atoms with Crippen molar-refractivity contribution in [3.63, 3.8) is 0 Å². The van der Waals surface area contributed by atoms with E-state index in [1.54, 1.807) is 14.2 Å². The van der Waals surface area contributed by atoms with Gasteiger partial charge in [-0.15, -0.1) is 0 Å². The first-order chi connectivity index (χ1) is 9.16. The van der Waals surface area contributed by atoms with Crippen LogP contribution in [0.1, 0.15) is 37.7 Å². The topological polar surface area (TPSA) is 56.3 Å². The van der Waals surface area contributed by atoms with Crippen molar-refractivity contribution in [2.24, 2.45) is 0 Å². The van der Waals surface area contributed by atoms with Crippen LogP contribution in [0.25, 0.3) is 0 Å². The lowest BCUT2D eigenvalue weighted by Crippen LogP contribution is -2.38. The van der Waals surface area contributed by atoms with Crippen LogP contribution in [-0.2, 0) is 21.7 Å². The number of halogens is 1. The molecular weight excluding hydrogens is 357 g/mol. The van der Waals surface area contributed by atoms with Crippen LogP contribution in [0.15, 0.2) is 0 Å². The second kappa shape index (κ2) is 6.32. The Hall–Kier alpha value is -0.470. The van der Waals surface area contributed by atoms with E-state index in [1.165, 1.54) is 6.42 Å². The summed E-state index contributed by atoms with van der Waals surface area (Å²) in [5.41, 5.74) is 0.629. The summed E-state index contributed by atoms with van der Waals surface area (Å²) >= 11 is 2.27. The molecule has 0 atom stereocenters. The summed E-state index contributed by atoms with van der Waals surface area (Å²) in [6.07, 6.45) is 3.14. The van der Waals surface area contributed by atoms with E-state index in [9.17, 15) is 0 Å². The lowest BCUT2D eigenvalue weighted by molar-refractivity contribution is -0.0848. The summed E-state index contributed by atoms with van der Waals surface area (Å²) in [4.78, 5) is 9.32. The molecule has 5 nitrogen and oxygen atoms in total. The minimum atomic E-state index is -0.295. The molecule has 2 rings (SSSR count). The summed E-state index contributed by atoms with van der Waals surface area (Å²) in [5, 5.41) is 3.29. The van der Waals surface area contributed by atoms with Crippen LogP contribution in [0.2, 0.25) is 0 Å². The van der Waals surface area contributed by atoms with E-state index in [1.807, 2.05) is 0 Å². The van der Waals surface area contributed by atoms with Gasteiger partial charge in [-0.1, -0.05) is 0 Å². The Bertz CT molecular complexity index is 417. The molecule has 6 heteroatoms. The highest BCUT2D eigenvalue weighted by atomic mass is 127. The lowest BCUT2D eigenvalue weighted by atomic mass is 9.79. The van der Waals surface area contributed by atoms with Crippen LogP contribution >= 0.6 is 22.6 Å². The molecule has 1 heterocycles. The Labute approximate surface area is 127 Å². The summed E-state index contributed by atoms with van der Waals surface area (Å²) in [6.45, 7) is 3.38. The highest BCUT2D eigenvalue weighted by molar-refractivity contribution is 14.1. The molecule has 19 heavy (non-hydrogen) atoms. The van der Waals surface area contributed by atoms with Crippen molar-refractivity contribution < 1.29 is 9.47 Å². The zero-order chi connectivity index (χ0) is 13.9. The summed E-state index contributed by atoms with van der Waals surface area (Å²) in [5.74, 6) is 1.66. The Balaban J connectivity index is 2.43. The Morgan fingerprint density at radius 2 is 2.05 bits per heavy atom. The van der Waals surface area contributed by atoms with Gasteiger partial charge in [-0.05, 0) is 48.8 Å². The largest absolute Gasteiger partial charge is 0.378 e. The minimum absolute atomic E-state index is 0.295. The number of nitrogens with zero attached hydrogens (tertiary/aromatic N) is 2. The average molecular weight is 377 g/mol. The van der Waals surface area contributed by atoms with Crippen LogP contribution in [0, 0.1) is 3.57 Å². The van der Waals surface area contributed by atoms with Crippen LogP contribution in [0.5, 0.6) is 0 Å². The molecule has 0 aromatic carbocycles. The van der Waals surface area contributed by atoms with E-state index in [0.717, 1.165) is 40.3 Å². The smallest absolute Gasteiger partial charge is 0.163 e. The molecule has 1 fully saturated rings. The number of ether oxygens (including phenoxy) is 2. The second-order valence-corrected chi connectivity index (χ2v) is 5.75. The summed E-state index contributed by atoms with van der Waals surface area (Å²) in [6, 6.07) is 0. The first-order valence-corrected chi connectivity index (χ1v) is 7.59. The first-order valence-electron chi connectivity index (χ1n) is 6.51. The number of anilines is 1. The van der Waals surface area contributed by atoms with E-state index in [0.29, 0.717) is 6.61 Å². The third-order valence-corrected chi connectivity index (χ3v) is 4.64.